The van der Waals surface area contributed by atoms with E-state index < -0.39 is 0 Å². The number of likely N-dealkylation sites (tertiary alicyclic amines) is 1. The van der Waals surface area contributed by atoms with Crippen molar-refractivity contribution in [1.29, 1.82) is 0 Å². The highest BCUT2D eigenvalue weighted by molar-refractivity contribution is 5.95. The molecule has 1 N–H and O–H groups in total. The van der Waals surface area contributed by atoms with Crippen molar-refractivity contribution in [1.82, 2.24) is 15.1 Å². The highest BCUT2D eigenvalue weighted by Crippen LogP contribution is 2.17. The number of nitrogens with zero attached hydrogens (tertiary/aromatic N) is 2. The molecular weight excluding hydrogens is 262 g/mol. The largest absolute Gasteiger partial charge is 0.341 e. The maximum Gasteiger partial charge on any atom is 0.253 e. The van der Waals surface area contributed by atoms with E-state index in [0.29, 0.717) is 5.92 Å². The van der Waals surface area contributed by atoms with Gasteiger partial charge in [-0.25, -0.2) is 0 Å². The molecule has 1 amide bonds. The van der Waals surface area contributed by atoms with Gasteiger partial charge in [-0.05, 0) is 57.6 Å². The summed E-state index contributed by atoms with van der Waals surface area (Å²) >= 11 is 0. The molecule has 0 saturated carbocycles. The van der Waals surface area contributed by atoms with Crippen molar-refractivity contribution in [2.45, 2.75) is 12.8 Å². The van der Waals surface area contributed by atoms with Gasteiger partial charge in [0.15, 0.2) is 0 Å². The maximum absolute atomic E-state index is 12.7. The van der Waals surface area contributed by atoms with Crippen LogP contribution in [0.4, 0.5) is 0 Å². The van der Waals surface area contributed by atoms with Crippen LogP contribution in [-0.4, -0.2) is 63.0 Å². The van der Waals surface area contributed by atoms with Crippen LogP contribution in [0.2, 0.25) is 0 Å². The van der Waals surface area contributed by atoms with E-state index in [9.17, 15) is 4.79 Å². The molecule has 0 spiro atoms. The molecule has 1 unspecified atom stereocenters. The maximum atomic E-state index is 12.7. The van der Waals surface area contributed by atoms with Crippen molar-refractivity contribution in [3.63, 3.8) is 0 Å². The molecule has 4 nitrogen and oxygen atoms in total. The fraction of sp³-hybridized carbons (Fsp3) is 0.588. The van der Waals surface area contributed by atoms with Gasteiger partial charge in [-0.15, -0.1) is 0 Å². The van der Waals surface area contributed by atoms with Gasteiger partial charge in [0, 0.05) is 25.7 Å². The summed E-state index contributed by atoms with van der Waals surface area (Å²) in [6.07, 6.45) is 2.08. The molecule has 0 radical (unpaired) electrons. The van der Waals surface area contributed by atoms with Gasteiger partial charge >= 0.3 is 0 Å². The second-order valence-corrected chi connectivity index (χ2v) is 6.11. The van der Waals surface area contributed by atoms with E-state index in [1.165, 1.54) is 6.42 Å². The Bertz CT molecular complexity index is 475. The number of carbonyl (C=O) groups excluding carboxylic acids is 1. The Balaban J connectivity index is 2.01. The summed E-state index contributed by atoms with van der Waals surface area (Å²) < 4.78 is 0. The lowest BCUT2D eigenvalue weighted by molar-refractivity contribution is 0.0773. The Morgan fingerprint density at radius 2 is 2.19 bits per heavy atom. The van der Waals surface area contributed by atoms with Gasteiger partial charge in [0.2, 0.25) is 0 Å². The van der Waals surface area contributed by atoms with Crippen molar-refractivity contribution in [3.8, 4) is 0 Å². The topological polar surface area (TPSA) is 35.6 Å². The van der Waals surface area contributed by atoms with Crippen molar-refractivity contribution in [3.05, 3.63) is 35.4 Å². The number of likely N-dealkylation sites (N-methyl/N-ethyl adjacent to an activating group) is 1. The van der Waals surface area contributed by atoms with Crippen LogP contribution in [0.1, 0.15) is 22.3 Å². The second-order valence-electron chi connectivity index (χ2n) is 6.11. The normalized spacial score (nSPS) is 18.9. The van der Waals surface area contributed by atoms with Gasteiger partial charge in [0.1, 0.15) is 0 Å². The van der Waals surface area contributed by atoms with E-state index in [0.717, 1.165) is 43.7 Å². The number of nitrogens with one attached hydrogen (secondary N) is 1. The van der Waals surface area contributed by atoms with Gasteiger partial charge in [0.05, 0.1) is 0 Å². The molecule has 21 heavy (non-hydrogen) atoms. The summed E-state index contributed by atoms with van der Waals surface area (Å²) in [4.78, 5) is 16.9. The summed E-state index contributed by atoms with van der Waals surface area (Å²) in [7, 11) is 6.01. The number of benzene rings is 1. The summed E-state index contributed by atoms with van der Waals surface area (Å²) in [5.74, 6) is 0.754. The van der Waals surface area contributed by atoms with Crippen LogP contribution in [0.15, 0.2) is 24.3 Å². The van der Waals surface area contributed by atoms with Crippen LogP contribution < -0.4 is 5.32 Å². The minimum atomic E-state index is 0.149. The molecule has 4 heteroatoms. The molecule has 1 aromatic rings. The second kappa shape index (κ2) is 7.57. The van der Waals surface area contributed by atoms with Crippen LogP contribution in [0, 0.1) is 5.92 Å². The standard InChI is InChI=1S/C17H27N3O/c1-18-10-8-15-6-4-5-7-16(15)17(21)20(3)13-14-9-11-19(2)12-14/h4-7,14,18H,8-13H2,1-3H3. The summed E-state index contributed by atoms with van der Waals surface area (Å²) in [6.45, 7) is 3.98. The lowest BCUT2D eigenvalue weighted by atomic mass is 10.0. The Labute approximate surface area is 128 Å². The van der Waals surface area contributed by atoms with Crippen LogP contribution in [-0.2, 0) is 6.42 Å². The van der Waals surface area contributed by atoms with Gasteiger partial charge in [0.25, 0.3) is 5.91 Å². The van der Waals surface area contributed by atoms with E-state index in [2.05, 4.69) is 23.3 Å². The number of carbonyl (C=O) groups is 1. The Morgan fingerprint density at radius 1 is 1.43 bits per heavy atom. The smallest absolute Gasteiger partial charge is 0.253 e. The first-order valence-electron chi connectivity index (χ1n) is 7.78. The predicted octanol–water partition coefficient (Wildman–Crippen LogP) is 1.47. The van der Waals surface area contributed by atoms with Crippen molar-refractivity contribution in [2.75, 3.05) is 47.3 Å². The molecule has 1 atom stereocenters. The van der Waals surface area contributed by atoms with E-state index in [1.807, 2.05) is 37.2 Å². The quantitative estimate of drug-likeness (QED) is 0.861. The third-order valence-electron chi connectivity index (χ3n) is 4.26. The van der Waals surface area contributed by atoms with Gasteiger partial charge in [-0.3, -0.25) is 4.79 Å². The van der Waals surface area contributed by atoms with Gasteiger partial charge < -0.3 is 15.1 Å². The van der Waals surface area contributed by atoms with E-state index in [4.69, 9.17) is 0 Å². The van der Waals surface area contributed by atoms with E-state index >= 15 is 0 Å². The molecule has 1 aliphatic heterocycles. The van der Waals surface area contributed by atoms with Crippen molar-refractivity contribution < 1.29 is 4.79 Å². The molecule has 0 bridgehead atoms. The average molecular weight is 289 g/mol. The molecular formula is C17H27N3O. The van der Waals surface area contributed by atoms with E-state index in [1.54, 1.807) is 0 Å². The molecule has 1 aliphatic rings. The summed E-state index contributed by atoms with van der Waals surface area (Å²) in [5.41, 5.74) is 1.98. The van der Waals surface area contributed by atoms with Crippen molar-refractivity contribution in [2.24, 2.45) is 5.92 Å². The number of hydrogen-bond acceptors (Lipinski definition) is 3. The van der Waals surface area contributed by atoms with Crippen LogP contribution in [0.25, 0.3) is 0 Å². The molecule has 0 aliphatic carbocycles. The molecule has 0 aromatic heterocycles. The van der Waals surface area contributed by atoms with Gasteiger partial charge in [-0.1, -0.05) is 18.2 Å². The average Bonchev–Trinajstić information content (AvgIpc) is 2.89. The van der Waals surface area contributed by atoms with Crippen LogP contribution >= 0.6 is 0 Å². The zero-order chi connectivity index (χ0) is 15.2. The van der Waals surface area contributed by atoms with Crippen LogP contribution in [0.3, 0.4) is 0 Å². The monoisotopic (exact) mass is 289 g/mol. The van der Waals surface area contributed by atoms with E-state index in [-0.39, 0.29) is 5.91 Å². The zero-order valence-corrected chi connectivity index (χ0v) is 13.4. The Kier molecular flexibility index (Phi) is 5.76. The first-order valence-corrected chi connectivity index (χ1v) is 7.78. The Morgan fingerprint density at radius 3 is 2.86 bits per heavy atom. The molecule has 116 valence electrons. The predicted molar refractivity (Wildman–Crippen MR) is 86.6 cm³/mol. The third-order valence-corrected chi connectivity index (χ3v) is 4.26. The molecule has 1 heterocycles. The lowest BCUT2D eigenvalue weighted by Gasteiger charge is -2.22. The first-order chi connectivity index (χ1) is 10.1. The van der Waals surface area contributed by atoms with Gasteiger partial charge in [-0.2, -0.15) is 0 Å². The highest BCUT2D eigenvalue weighted by atomic mass is 16.2. The minimum Gasteiger partial charge on any atom is -0.341 e. The molecule has 2 rings (SSSR count). The molecule has 1 saturated heterocycles. The lowest BCUT2D eigenvalue weighted by Crippen LogP contribution is -2.33. The highest BCUT2D eigenvalue weighted by Gasteiger charge is 2.23. The SMILES string of the molecule is CNCCc1ccccc1C(=O)N(C)CC1CCN(C)C1. The number of rotatable bonds is 6. The van der Waals surface area contributed by atoms with Crippen molar-refractivity contribution >= 4 is 5.91 Å². The zero-order valence-electron chi connectivity index (χ0n) is 13.4. The Hall–Kier alpha value is -1.39. The fourth-order valence-corrected chi connectivity index (χ4v) is 3.06. The molecule has 1 fully saturated rings. The molecule has 1 aromatic carbocycles. The fourth-order valence-electron chi connectivity index (χ4n) is 3.06. The summed E-state index contributed by atoms with van der Waals surface area (Å²) in [5, 5.41) is 3.14. The minimum absolute atomic E-state index is 0.149. The number of hydrogen-bond donors (Lipinski definition) is 1. The first kappa shape index (κ1) is 16.0. The summed E-state index contributed by atoms with van der Waals surface area (Å²) in [6, 6.07) is 7.97. The third kappa shape index (κ3) is 4.29. The number of amides is 1. The van der Waals surface area contributed by atoms with Crippen LogP contribution in [0.5, 0.6) is 0 Å².